The van der Waals surface area contributed by atoms with Gasteiger partial charge in [0.2, 0.25) is 0 Å². The Morgan fingerprint density at radius 1 is 1.00 bits per heavy atom. The first-order valence-electron chi connectivity index (χ1n) is 10.6. The zero-order chi connectivity index (χ0) is 22.7. The Morgan fingerprint density at radius 2 is 1.84 bits per heavy atom. The molecule has 2 aromatic heterocycles. The number of nitrogens with zero attached hydrogens (tertiary/aromatic N) is 2. The molecular weight excluding hydrogens is 402 g/mol. The van der Waals surface area contributed by atoms with E-state index < -0.39 is 0 Å². The molecular formula is C26H27N3O3. The van der Waals surface area contributed by atoms with Crippen molar-refractivity contribution in [2.45, 2.75) is 40.8 Å². The Hall–Kier alpha value is -3.80. The van der Waals surface area contributed by atoms with Crippen molar-refractivity contribution < 1.29 is 13.9 Å². The van der Waals surface area contributed by atoms with E-state index in [4.69, 9.17) is 9.15 Å². The summed E-state index contributed by atoms with van der Waals surface area (Å²) in [4.78, 5) is 12.6. The van der Waals surface area contributed by atoms with E-state index in [0.29, 0.717) is 18.0 Å². The third kappa shape index (κ3) is 5.09. The molecule has 0 atom stereocenters. The molecule has 0 saturated carbocycles. The van der Waals surface area contributed by atoms with Crippen molar-refractivity contribution in [3.8, 4) is 5.75 Å². The van der Waals surface area contributed by atoms with Gasteiger partial charge in [0.05, 0.1) is 12.2 Å². The normalized spacial score (nSPS) is 10.9. The van der Waals surface area contributed by atoms with E-state index >= 15 is 0 Å². The van der Waals surface area contributed by atoms with Gasteiger partial charge in [0.15, 0.2) is 5.76 Å². The quantitative estimate of drug-likeness (QED) is 0.416. The zero-order valence-electron chi connectivity index (χ0n) is 18.8. The smallest absolute Gasteiger partial charge is 0.291 e. The van der Waals surface area contributed by atoms with Crippen molar-refractivity contribution in [2.24, 2.45) is 0 Å². The molecule has 2 heterocycles. The number of benzene rings is 2. The van der Waals surface area contributed by atoms with Gasteiger partial charge in [-0.15, -0.1) is 0 Å². The fourth-order valence-corrected chi connectivity index (χ4v) is 3.48. The maximum absolute atomic E-state index is 12.6. The van der Waals surface area contributed by atoms with Crippen LogP contribution in [0, 0.1) is 27.7 Å². The van der Waals surface area contributed by atoms with Gasteiger partial charge in [0, 0.05) is 11.4 Å². The molecule has 2 aromatic carbocycles. The molecule has 6 heteroatoms. The maximum atomic E-state index is 12.6. The third-order valence-corrected chi connectivity index (χ3v) is 5.37. The number of ether oxygens (including phenoxy) is 1. The highest BCUT2D eigenvalue weighted by atomic mass is 16.5. The van der Waals surface area contributed by atoms with Gasteiger partial charge in [-0.3, -0.25) is 9.48 Å². The van der Waals surface area contributed by atoms with E-state index in [9.17, 15) is 4.79 Å². The monoisotopic (exact) mass is 429 g/mol. The van der Waals surface area contributed by atoms with Gasteiger partial charge in [-0.2, -0.15) is 5.10 Å². The van der Waals surface area contributed by atoms with Gasteiger partial charge in [0.1, 0.15) is 18.1 Å². The minimum atomic E-state index is -0.300. The molecule has 0 bridgehead atoms. The van der Waals surface area contributed by atoms with Crippen molar-refractivity contribution in [1.82, 2.24) is 9.78 Å². The second-order valence-corrected chi connectivity index (χ2v) is 8.04. The van der Waals surface area contributed by atoms with Crippen LogP contribution in [0.25, 0.3) is 0 Å². The number of carbonyl (C=O) groups is 1. The van der Waals surface area contributed by atoms with Gasteiger partial charge in [-0.1, -0.05) is 18.2 Å². The highest BCUT2D eigenvalue weighted by Crippen LogP contribution is 2.19. The lowest BCUT2D eigenvalue weighted by Gasteiger charge is -2.08. The summed E-state index contributed by atoms with van der Waals surface area (Å²) < 4.78 is 13.4. The lowest BCUT2D eigenvalue weighted by atomic mass is 10.1. The van der Waals surface area contributed by atoms with Crippen molar-refractivity contribution in [1.29, 1.82) is 0 Å². The van der Waals surface area contributed by atoms with E-state index in [0.717, 1.165) is 22.7 Å². The molecule has 0 radical (unpaired) electrons. The molecule has 0 fully saturated rings. The summed E-state index contributed by atoms with van der Waals surface area (Å²) in [5.74, 6) is 1.31. The second-order valence-electron chi connectivity index (χ2n) is 8.04. The first kappa shape index (κ1) is 21.4. The van der Waals surface area contributed by atoms with Gasteiger partial charge in [0.25, 0.3) is 5.91 Å². The lowest BCUT2D eigenvalue weighted by molar-refractivity contribution is 0.0992. The van der Waals surface area contributed by atoms with Crippen molar-refractivity contribution >= 4 is 11.6 Å². The van der Waals surface area contributed by atoms with Gasteiger partial charge in [-0.05, 0) is 86.8 Å². The third-order valence-electron chi connectivity index (χ3n) is 5.37. The Labute approximate surface area is 187 Å². The van der Waals surface area contributed by atoms with Gasteiger partial charge in [-0.25, -0.2) is 0 Å². The Morgan fingerprint density at radius 3 is 2.59 bits per heavy atom. The van der Waals surface area contributed by atoms with E-state index in [1.165, 1.54) is 11.1 Å². The fraction of sp³-hybridized carbons (Fsp3) is 0.231. The number of aryl methyl sites for hydroxylation is 4. The molecule has 1 amide bonds. The molecule has 0 spiro atoms. The molecule has 0 aliphatic rings. The van der Waals surface area contributed by atoms with Crippen LogP contribution < -0.4 is 10.1 Å². The first-order chi connectivity index (χ1) is 15.4. The molecule has 1 N–H and O–H groups in total. The first-order valence-corrected chi connectivity index (χ1v) is 10.6. The number of rotatable bonds is 7. The summed E-state index contributed by atoms with van der Waals surface area (Å²) >= 11 is 0. The van der Waals surface area contributed by atoms with E-state index in [-0.39, 0.29) is 18.3 Å². The van der Waals surface area contributed by atoms with E-state index in [1.807, 2.05) is 74.0 Å². The summed E-state index contributed by atoms with van der Waals surface area (Å²) in [6.07, 6.45) is 0. The molecule has 0 unspecified atom stereocenters. The minimum Gasteiger partial charge on any atom is -0.486 e. The number of amides is 1. The number of furan rings is 1. The number of hydrogen-bond acceptors (Lipinski definition) is 4. The molecule has 4 aromatic rings. The molecule has 6 nitrogen and oxygen atoms in total. The summed E-state index contributed by atoms with van der Waals surface area (Å²) in [6, 6.07) is 19.1. The van der Waals surface area contributed by atoms with Crippen LogP contribution in [0.2, 0.25) is 0 Å². The number of carbonyl (C=O) groups excluding carboxylic acids is 1. The van der Waals surface area contributed by atoms with Gasteiger partial charge < -0.3 is 14.5 Å². The average molecular weight is 430 g/mol. The summed E-state index contributed by atoms with van der Waals surface area (Å²) in [6.45, 7) is 9.02. The predicted molar refractivity (Wildman–Crippen MR) is 124 cm³/mol. The van der Waals surface area contributed by atoms with Gasteiger partial charge >= 0.3 is 0 Å². The van der Waals surface area contributed by atoms with Crippen molar-refractivity contribution in [3.05, 3.63) is 100 Å². The van der Waals surface area contributed by atoms with Crippen LogP contribution in [0.5, 0.6) is 5.75 Å². The largest absolute Gasteiger partial charge is 0.486 e. The molecule has 0 saturated heterocycles. The van der Waals surface area contributed by atoms with Crippen LogP contribution in [0.1, 0.15) is 44.4 Å². The Bertz CT molecular complexity index is 1250. The zero-order valence-corrected chi connectivity index (χ0v) is 18.8. The van der Waals surface area contributed by atoms with Crippen LogP contribution in [-0.2, 0) is 13.2 Å². The van der Waals surface area contributed by atoms with Crippen LogP contribution in [0.15, 0.2) is 65.1 Å². The van der Waals surface area contributed by atoms with Crippen LogP contribution >= 0.6 is 0 Å². The van der Waals surface area contributed by atoms with Crippen LogP contribution in [0.3, 0.4) is 0 Å². The van der Waals surface area contributed by atoms with E-state index in [2.05, 4.69) is 17.3 Å². The molecule has 0 aliphatic heterocycles. The summed E-state index contributed by atoms with van der Waals surface area (Å²) in [7, 11) is 0. The fourth-order valence-electron chi connectivity index (χ4n) is 3.48. The molecule has 32 heavy (non-hydrogen) atoms. The number of anilines is 1. The lowest BCUT2D eigenvalue weighted by Crippen LogP contribution is -2.11. The second kappa shape index (κ2) is 9.14. The van der Waals surface area contributed by atoms with E-state index in [1.54, 1.807) is 12.1 Å². The van der Waals surface area contributed by atoms with Crippen molar-refractivity contribution in [3.63, 3.8) is 0 Å². The Balaban J connectivity index is 1.37. The number of hydrogen-bond donors (Lipinski definition) is 1. The predicted octanol–water partition coefficient (Wildman–Crippen LogP) is 5.59. The molecule has 164 valence electrons. The molecule has 0 aliphatic carbocycles. The topological polar surface area (TPSA) is 69.3 Å². The number of nitrogens with one attached hydrogen (secondary N) is 1. The summed E-state index contributed by atoms with van der Waals surface area (Å²) in [5.41, 5.74) is 6.23. The molecule has 4 rings (SSSR count). The van der Waals surface area contributed by atoms with Crippen molar-refractivity contribution in [2.75, 3.05) is 5.32 Å². The average Bonchev–Trinajstić information content (AvgIpc) is 3.35. The highest BCUT2D eigenvalue weighted by molar-refractivity contribution is 6.02. The van der Waals surface area contributed by atoms with Crippen LogP contribution in [0.4, 0.5) is 5.69 Å². The summed E-state index contributed by atoms with van der Waals surface area (Å²) in [5, 5.41) is 7.40. The standard InChI is InChI=1S/C26H27N3O3/c1-17-8-9-23(12-18(17)2)31-16-24-10-11-25(32-24)26(30)27-22-7-5-6-21(14-22)15-29-20(4)13-19(3)28-29/h5-14H,15-16H2,1-4H3,(H,27,30). The number of aromatic nitrogens is 2. The maximum Gasteiger partial charge on any atom is 0.291 e. The SMILES string of the molecule is Cc1cc(C)n(Cc2cccc(NC(=O)c3ccc(COc4ccc(C)c(C)c4)o3)c2)n1. The minimum absolute atomic E-state index is 0.243. The highest BCUT2D eigenvalue weighted by Gasteiger charge is 2.13. The van der Waals surface area contributed by atoms with Crippen LogP contribution in [-0.4, -0.2) is 15.7 Å². The Kier molecular flexibility index (Phi) is 6.12.